The Hall–Kier alpha value is -0.750. The highest BCUT2D eigenvalue weighted by molar-refractivity contribution is 8.93. The lowest BCUT2D eigenvalue weighted by atomic mass is 10.5. The van der Waals surface area contributed by atoms with E-state index in [-0.39, 0.29) is 22.1 Å². The van der Waals surface area contributed by atoms with Gasteiger partial charge in [-0.1, -0.05) is 0 Å². The van der Waals surface area contributed by atoms with Gasteiger partial charge in [0.05, 0.1) is 0 Å². The van der Waals surface area contributed by atoms with Gasteiger partial charge in [0.25, 0.3) is 5.03 Å². The van der Waals surface area contributed by atoms with Gasteiger partial charge in [-0.15, -0.1) is 17.0 Å². The summed E-state index contributed by atoms with van der Waals surface area (Å²) in [5, 5.41) is 18.1. The molecule has 0 atom stereocenters. The van der Waals surface area contributed by atoms with Crippen molar-refractivity contribution in [1.82, 2.24) is 0 Å². The second-order valence-corrected chi connectivity index (χ2v) is 2.89. The Morgan fingerprint density at radius 2 is 2.25 bits per heavy atom. The van der Waals surface area contributed by atoms with Gasteiger partial charge in [-0.25, -0.2) is 0 Å². The molecule has 6 heteroatoms. The third-order valence-electron chi connectivity index (χ3n) is 1.00. The van der Waals surface area contributed by atoms with Crippen LogP contribution in [0.3, 0.4) is 0 Å². The fourth-order valence-corrected chi connectivity index (χ4v) is 1.13. The van der Waals surface area contributed by atoms with E-state index in [1.165, 1.54) is 6.20 Å². The molecule has 1 heterocycles. The van der Waals surface area contributed by atoms with E-state index < -0.39 is 0 Å². The van der Waals surface area contributed by atoms with Crippen LogP contribution in [-0.2, 0) is 0 Å². The maximum atomic E-state index is 10.9. The molecule has 0 saturated carbocycles. The normalized spacial score (nSPS) is 8.67. The second kappa shape index (κ2) is 5.00. The monoisotopic (exact) mass is 249 g/mol. The van der Waals surface area contributed by atoms with Gasteiger partial charge < -0.3 is 10.9 Å². The van der Waals surface area contributed by atoms with Crippen LogP contribution in [0.15, 0.2) is 29.4 Å². The number of nitrogens with zero attached hydrogens (tertiary/aromatic N) is 1. The Balaban J connectivity index is 0.00000121. The van der Waals surface area contributed by atoms with Crippen LogP contribution in [0.4, 0.5) is 0 Å². The molecule has 12 heavy (non-hydrogen) atoms. The average molecular weight is 250 g/mol. The van der Waals surface area contributed by atoms with E-state index in [4.69, 9.17) is 11.1 Å². The van der Waals surface area contributed by atoms with Crippen molar-refractivity contribution >= 4 is 33.9 Å². The molecule has 0 unspecified atom stereocenters. The molecule has 0 aliphatic heterocycles. The molecule has 0 amide bonds. The first-order valence-electron chi connectivity index (χ1n) is 2.90. The van der Waals surface area contributed by atoms with Crippen molar-refractivity contribution in [2.75, 3.05) is 0 Å². The predicted molar refractivity (Wildman–Crippen MR) is 53.5 cm³/mol. The highest BCUT2D eigenvalue weighted by atomic mass is 79.9. The van der Waals surface area contributed by atoms with Crippen LogP contribution in [0.5, 0.6) is 0 Å². The van der Waals surface area contributed by atoms with Crippen LogP contribution in [0, 0.1) is 10.6 Å². The van der Waals surface area contributed by atoms with Crippen molar-refractivity contribution in [3.63, 3.8) is 0 Å². The van der Waals surface area contributed by atoms with Gasteiger partial charge in [-0.2, -0.15) is 4.73 Å². The average Bonchev–Trinajstić information content (AvgIpc) is 1.93. The van der Waals surface area contributed by atoms with Crippen LogP contribution in [-0.4, -0.2) is 5.17 Å². The molecule has 0 radical (unpaired) electrons. The maximum absolute atomic E-state index is 10.9. The maximum Gasteiger partial charge on any atom is 0.259 e. The van der Waals surface area contributed by atoms with Crippen molar-refractivity contribution < 1.29 is 4.73 Å². The number of nitrogens with one attached hydrogen (secondary N) is 1. The number of rotatable bonds is 1. The summed E-state index contributed by atoms with van der Waals surface area (Å²) in [6.45, 7) is 0. The van der Waals surface area contributed by atoms with Gasteiger partial charge in [0, 0.05) is 23.9 Å². The molecule has 0 aromatic carbocycles. The van der Waals surface area contributed by atoms with Crippen LogP contribution < -0.4 is 10.5 Å². The lowest BCUT2D eigenvalue weighted by Gasteiger charge is -2.00. The molecule has 1 aromatic heterocycles. The lowest BCUT2D eigenvalue weighted by molar-refractivity contribution is -0.645. The molecule has 0 spiro atoms. The fraction of sp³-hybridized carbons (Fsp3) is 0. The number of thioether (sulfide) groups is 1. The Kier molecular flexibility index (Phi) is 4.68. The summed E-state index contributed by atoms with van der Waals surface area (Å²) in [6, 6.07) is 4.95. The standard InChI is InChI=1S/C6H7N3OS.BrH/c7-6(8)11-5-3-1-2-4-9(5)10;/h1-4H,(H3,7,8);1H. The van der Waals surface area contributed by atoms with E-state index >= 15 is 0 Å². The van der Waals surface area contributed by atoms with Gasteiger partial charge in [0.1, 0.15) is 0 Å². The van der Waals surface area contributed by atoms with Crippen LogP contribution >= 0.6 is 28.7 Å². The molecule has 1 aromatic rings. The van der Waals surface area contributed by atoms with Crippen molar-refractivity contribution in [1.29, 1.82) is 5.41 Å². The van der Waals surface area contributed by atoms with E-state index in [0.29, 0.717) is 9.76 Å². The zero-order valence-electron chi connectivity index (χ0n) is 6.06. The molecule has 0 fully saturated rings. The third-order valence-corrected chi connectivity index (χ3v) is 1.75. The van der Waals surface area contributed by atoms with E-state index in [0.717, 1.165) is 11.8 Å². The summed E-state index contributed by atoms with van der Waals surface area (Å²) in [4.78, 5) is 0. The Labute approximate surface area is 84.6 Å². The topological polar surface area (TPSA) is 76.8 Å². The van der Waals surface area contributed by atoms with Crippen LogP contribution in [0.2, 0.25) is 0 Å². The summed E-state index contributed by atoms with van der Waals surface area (Å²) in [5.74, 6) is 0. The lowest BCUT2D eigenvalue weighted by Crippen LogP contribution is -2.28. The minimum atomic E-state index is -0.0826. The van der Waals surface area contributed by atoms with E-state index in [1.54, 1.807) is 18.2 Å². The summed E-state index contributed by atoms with van der Waals surface area (Å²) in [5.41, 5.74) is 5.09. The molecule has 0 aliphatic carbocycles. The van der Waals surface area contributed by atoms with Crippen molar-refractivity contribution in [2.24, 2.45) is 5.73 Å². The van der Waals surface area contributed by atoms with Crippen molar-refractivity contribution in [3.8, 4) is 0 Å². The van der Waals surface area contributed by atoms with E-state index in [9.17, 15) is 5.21 Å². The summed E-state index contributed by atoms with van der Waals surface area (Å²) < 4.78 is 0.673. The highest BCUT2D eigenvalue weighted by Crippen LogP contribution is 2.10. The van der Waals surface area contributed by atoms with Crippen molar-refractivity contribution in [2.45, 2.75) is 5.03 Å². The molecule has 0 bridgehead atoms. The first-order chi connectivity index (χ1) is 5.20. The zero-order chi connectivity index (χ0) is 8.27. The minimum absolute atomic E-state index is 0. The molecular weight excluding hydrogens is 242 g/mol. The smallest absolute Gasteiger partial charge is 0.259 e. The largest absolute Gasteiger partial charge is 0.618 e. The third kappa shape index (κ3) is 3.10. The zero-order valence-corrected chi connectivity index (χ0v) is 8.59. The number of aromatic nitrogens is 1. The van der Waals surface area contributed by atoms with Crippen LogP contribution in [0.25, 0.3) is 0 Å². The number of pyridine rings is 1. The number of halogens is 1. The molecule has 66 valence electrons. The number of hydrogen-bond acceptors (Lipinski definition) is 3. The summed E-state index contributed by atoms with van der Waals surface area (Å²) >= 11 is 0.937. The molecule has 4 nitrogen and oxygen atoms in total. The summed E-state index contributed by atoms with van der Waals surface area (Å²) in [6.07, 6.45) is 1.37. The molecule has 3 N–H and O–H groups in total. The van der Waals surface area contributed by atoms with Crippen molar-refractivity contribution in [3.05, 3.63) is 29.6 Å². The Morgan fingerprint density at radius 3 is 2.75 bits per heavy atom. The molecule has 0 aliphatic rings. The van der Waals surface area contributed by atoms with Crippen LogP contribution in [0.1, 0.15) is 0 Å². The molecule has 1 rings (SSSR count). The van der Waals surface area contributed by atoms with Gasteiger partial charge in [0.15, 0.2) is 11.4 Å². The Morgan fingerprint density at radius 1 is 1.58 bits per heavy atom. The van der Waals surface area contributed by atoms with Gasteiger partial charge >= 0.3 is 0 Å². The fourth-order valence-electron chi connectivity index (χ4n) is 0.604. The predicted octanol–water partition coefficient (Wildman–Crippen LogP) is 0.883. The Bertz CT molecular complexity index is 281. The van der Waals surface area contributed by atoms with Gasteiger partial charge in [0.2, 0.25) is 0 Å². The minimum Gasteiger partial charge on any atom is -0.618 e. The quantitative estimate of drug-likeness (QED) is 0.255. The molecular formula is C6H8BrN3OS. The number of nitrogens with two attached hydrogens (primary N) is 1. The molecule has 0 saturated heterocycles. The second-order valence-electron chi connectivity index (χ2n) is 1.83. The van der Waals surface area contributed by atoms with Gasteiger partial charge in [-0.05, 0) is 6.07 Å². The van der Waals surface area contributed by atoms with Gasteiger partial charge in [-0.3, -0.25) is 5.41 Å². The first kappa shape index (κ1) is 11.2. The SMILES string of the molecule is Br.N=C(N)Sc1cccc[n+]1[O-]. The first-order valence-corrected chi connectivity index (χ1v) is 3.72. The number of hydrogen-bond donors (Lipinski definition) is 2. The summed E-state index contributed by atoms with van der Waals surface area (Å²) in [7, 11) is 0. The number of amidine groups is 1. The van der Waals surface area contributed by atoms with E-state index in [2.05, 4.69) is 0 Å². The highest BCUT2D eigenvalue weighted by Gasteiger charge is 2.04. The van der Waals surface area contributed by atoms with E-state index in [1.807, 2.05) is 0 Å².